The molecule has 6 aromatic carbocycles. The molecule has 2 N–H and O–H groups in total. The Hall–Kier alpha value is -12.4. The van der Waals surface area contributed by atoms with Gasteiger partial charge >= 0.3 is 0 Å². The Bertz CT molecular complexity index is 4470. The summed E-state index contributed by atoms with van der Waals surface area (Å²) in [4.78, 5) is 111. The molecule has 120 heavy (non-hydrogen) atoms. The van der Waals surface area contributed by atoms with Gasteiger partial charge in [0.2, 0.25) is 11.8 Å². The second kappa shape index (κ2) is 70.8. The van der Waals surface area contributed by atoms with Crippen molar-refractivity contribution in [1.82, 2.24) is 9.80 Å². The van der Waals surface area contributed by atoms with Gasteiger partial charge in [0.05, 0.1) is 26.4 Å². The summed E-state index contributed by atoms with van der Waals surface area (Å²) in [6.07, 6.45) is 11.4. The van der Waals surface area contributed by atoms with E-state index in [1.54, 1.807) is 27.7 Å². The topological polar surface area (TPSA) is 487 Å². The van der Waals surface area contributed by atoms with E-state index in [0.29, 0.717) is 87.5 Å². The Balaban J connectivity index is 0. The number of hydrogen-bond donors (Lipinski definition) is 2. The highest BCUT2D eigenvalue weighted by atomic mass is 16.5. The van der Waals surface area contributed by atoms with Gasteiger partial charge in [0.15, 0.2) is 11.6 Å². The third-order valence-electron chi connectivity index (χ3n) is 16.3. The summed E-state index contributed by atoms with van der Waals surface area (Å²) in [5.74, 6) is -1.14. The van der Waals surface area contributed by atoms with E-state index in [1.807, 2.05) is 109 Å². The van der Waals surface area contributed by atoms with Crippen molar-refractivity contribution < 1.29 is 52.6 Å². The number of aryl methyl sites for hydroxylation is 4. The number of Topliss-reactive ketones (excluding diaryl/α,β-unsaturated/α-hetero) is 2. The first-order valence-corrected chi connectivity index (χ1v) is 40.6. The van der Waals surface area contributed by atoms with Crippen molar-refractivity contribution in [2.75, 3.05) is 96.2 Å². The van der Waals surface area contributed by atoms with Crippen LogP contribution >= 0.6 is 0 Å². The maximum absolute atomic E-state index is 12.4. The summed E-state index contributed by atoms with van der Waals surface area (Å²) in [5, 5.41) is 30.1. The van der Waals surface area contributed by atoms with Crippen LogP contribution in [0, 0.1) is 0 Å². The van der Waals surface area contributed by atoms with Crippen LogP contribution in [0.2, 0.25) is 0 Å². The number of benzene rings is 6. The molecular formula is C87H124N22O11. The lowest BCUT2D eigenvalue weighted by molar-refractivity contribution is -0.139. The molecule has 0 unspecified atom stereocenters. The smallest absolute Gasteiger partial charge is 0.256 e. The van der Waals surface area contributed by atoms with Crippen LogP contribution in [0.1, 0.15) is 218 Å². The molecular weight excluding hydrogens is 1530 g/mol. The summed E-state index contributed by atoms with van der Waals surface area (Å²) in [7, 11) is 0. The molecule has 0 bridgehead atoms. The molecule has 33 nitrogen and oxygen atoms in total. The van der Waals surface area contributed by atoms with Crippen LogP contribution in [0.5, 0.6) is 0 Å². The zero-order valence-corrected chi connectivity index (χ0v) is 73.1. The van der Waals surface area contributed by atoms with Crippen LogP contribution in [0.25, 0.3) is 84.2 Å². The molecule has 0 radical (unpaired) electrons. The Morgan fingerprint density at radius 2 is 0.742 bits per heavy atom. The normalized spacial score (nSPS) is 11.1. The van der Waals surface area contributed by atoms with Gasteiger partial charge in [-0.25, -0.2) is 0 Å². The van der Waals surface area contributed by atoms with Crippen LogP contribution in [0.15, 0.2) is 174 Å². The van der Waals surface area contributed by atoms with Gasteiger partial charge in [0.1, 0.15) is 6.73 Å². The fourth-order valence-electron chi connectivity index (χ4n) is 10.3. The van der Waals surface area contributed by atoms with E-state index in [4.69, 9.17) is 47.4 Å². The molecule has 0 atom stereocenters. The second-order valence-electron chi connectivity index (χ2n) is 26.3. The van der Waals surface area contributed by atoms with E-state index in [2.05, 4.69) is 166 Å². The van der Waals surface area contributed by atoms with Crippen LogP contribution in [-0.4, -0.2) is 142 Å². The molecule has 0 aliphatic carbocycles. The number of rotatable bonds is 36. The number of azide groups is 6. The van der Waals surface area contributed by atoms with Crippen molar-refractivity contribution in [3.63, 3.8) is 0 Å². The molecule has 2 aliphatic rings. The zero-order valence-electron chi connectivity index (χ0n) is 73.1. The third kappa shape index (κ3) is 46.5. The molecule has 0 spiro atoms. The molecule has 2 aliphatic heterocycles. The van der Waals surface area contributed by atoms with E-state index in [-0.39, 0.29) is 106 Å². The Morgan fingerprint density at radius 3 is 1.18 bits per heavy atom. The van der Waals surface area contributed by atoms with Gasteiger partial charge in [-0.05, 0) is 186 Å². The number of ether oxygens (including phenoxy) is 3. The minimum absolute atomic E-state index is 0.0991. The van der Waals surface area contributed by atoms with Gasteiger partial charge < -0.3 is 24.8 Å². The summed E-state index contributed by atoms with van der Waals surface area (Å²) in [6.45, 7) is 35.2. The fraction of sp³-hybridized carbons (Fsp3) is 0.494. The van der Waals surface area contributed by atoms with Crippen LogP contribution in [0.4, 0.5) is 11.4 Å². The zero-order chi connectivity index (χ0) is 90.3. The quantitative estimate of drug-likeness (QED) is 0.00929. The average molecular weight is 1650 g/mol. The van der Waals surface area contributed by atoms with Gasteiger partial charge in [-0.3, -0.25) is 48.2 Å². The molecule has 0 fully saturated rings. The first-order chi connectivity index (χ1) is 57.9. The summed E-state index contributed by atoms with van der Waals surface area (Å²) in [5.41, 5.74) is 58.2. The van der Waals surface area contributed by atoms with Crippen molar-refractivity contribution in [2.24, 2.45) is 30.7 Å². The number of carbonyl (C=O) groups excluding carboxylic acids is 8. The third-order valence-corrected chi connectivity index (χ3v) is 16.3. The van der Waals surface area contributed by atoms with Crippen LogP contribution in [-0.2, 0) is 68.7 Å². The number of amides is 6. The van der Waals surface area contributed by atoms with E-state index in [1.165, 1.54) is 58.7 Å². The Kier molecular flexibility index (Phi) is 64.7. The predicted octanol–water partition coefficient (Wildman–Crippen LogP) is 22.8. The van der Waals surface area contributed by atoms with Gasteiger partial charge in [0, 0.05) is 152 Å². The van der Waals surface area contributed by atoms with Gasteiger partial charge in [-0.15, -0.1) is 0 Å². The van der Waals surface area contributed by atoms with Crippen molar-refractivity contribution in [3.05, 3.63) is 240 Å². The van der Waals surface area contributed by atoms with E-state index in [9.17, 15) is 38.4 Å². The number of ketones is 2. The second-order valence-corrected chi connectivity index (χ2v) is 26.3. The number of hydrogen-bond acceptors (Lipinski definition) is 17. The molecule has 33 heteroatoms. The highest BCUT2D eigenvalue weighted by Gasteiger charge is 2.33. The molecule has 2 heterocycles. The highest BCUT2D eigenvalue weighted by molar-refractivity contribution is 6.19. The number of fused-ring (bicyclic) bond motifs is 2. The van der Waals surface area contributed by atoms with Gasteiger partial charge in [0.25, 0.3) is 23.6 Å². The highest BCUT2D eigenvalue weighted by Crippen LogP contribution is 2.27. The Labute approximate surface area is 706 Å². The molecule has 0 saturated heterocycles. The fourth-order valence-corrected chi connectivity index (χ4v) is 10.3. The standard InChI is InChI=1S/C18H21N3O2.C15H16N4O.C14H19N3O2.C11H14N4O.C9H12N4O3.C8H10N4O2.4C3H8/c1-2-14-12-16(13-15-6-3-4-7-17(14)15)18(22)8-5-10-23-11-9-20-21-19;1-2-11-9-13(18-15(20)7-8-17-19-16)10-12-5-3-4-6-14(11)12;1-2-12-5-3-6-13(11-12)14(18)7-4-9-19-10-8-16-17-15;1-2-9-4-3-5-10(8-9)14-11(16)6-7-13-15-12;1-6-7(2)9(15)13(8(6)14)3-4-16-5-11-12-10;1-5-6(2)8(14)12(7(5)13)4-3-10-11-9;4*1-3-2/h3-4,6-7,12-13H,2,5,8-11H2,1H3;3-6,9-10H,2,7-8H2,1H3,(H,18,20);3,5-6,11H,2,4,7-10H2,1H3;3-5,8H,2,6-7H2,1H3,(H,14,16);3-5H2,1-2H3;3-4H2,1-2H3;4*3H2,1-2H3. The van der Waals surface area contributed by atoms with Gasteiger partial charge in [-0.1, -0.05) is 218 Å². The molecule has 6 aromatic rings. The van der Waals surface area contributed by atoms with Gasteiger partial charge in [-0.2, -0.15) is 0 Å². The van der Waals surface area contributed by atoms with Crippen molar-refractivity contribution >= 4 is 79.9 Å². The lowest BCUT2D eigenvalue weighted by Crippen LogP contribution is -2.34. The Morgan fingerprint density at radius 1 is 0.358 bits per heavy atom. The first-order valence-electron chi connectivity index (χ1n) is 40.6. The van der Waals surface area contributed by atoms with Crippen LogP contribution in [0.3, 0.4) is 0 Å². The number of carbonyl (C=O) groups is 8. The molecule has 6 amide bonds. The minimum Gasteiger partial charge on any atom is -0.381 e. The number of nitrogens with one attached hydrogen (secondary N) is 2. The number of nitrogens with zero attached hydrogens (tertiary/aromatic N) is 20. The largest absolute Gasteiger partial charge is 0.381 e. The molecule has 0 saturated carbocycles. The van der Waals surface area contributed by atoms with Crippen LogP contribution < -0.4 is 10.6 Å². The lowest BCUT2D eigenvalue weighted by atomic mass is 9.96. The molecule has 8 rings (SSSR count). The number of imide groups is 2. The first kappa shape index (κ1) is 110. The summed E-state index contributed by atoms with van der Waals surface area (Å²) >= 11 is 0. The average Bonchev–Trinajstić information content (AvgIpc) is 1.48. The SMILES string of the molecule is CC1=C(C)C(=O)N(CCN=[N+]=[N-])C1=O.CC1=C(C)C(=O)N(CCOCN=[N+]=[N-])C1=O.CCC.CCC.CCC.CCC.CCc1cc(C(=O)CCCOCCN=[N+]=[N-])cc2ccccc12.CCc1cc(NC(=O)CCN=[N+]=[N-])cc2ccccc12.CCc1cccc(C(=O)CCCOCCN=[N+]=[N-])c1.CCc1cccc(NC(=O)CCN=[N+]=[N-])c1. The molecule has 648 valence electrons. The van der Waals surface area contributed by atoms with Crippen molar-refractivity contribution in [1.29, 1.82) is 0 Å². The van der Waals surface area contributed by atoms with E-state index < -0.39 is 0 Å². The monoisotopic (exact) mass is 1650 g/mol. The minimum atomic E-state index is -0.291. The lowest BCUT2D eigenvalue weighted by Gasteiger charge is -2.13. The maximum atomic E-state index is 12.4. The summed E-state index contributed by atoms with van der Waals surface area (Å²) in [6, 6.07) is 39.6. The predicted molar refractivity (Wildman–Crippen MR) is 478 cm³/mol. The van der Waals surface area contributed by atoms with E-state index >= 15 is 0 Å². The summed E-state index contributed by atoms with van der Waals surface area (Å²) < 4.78 is 15.5. The molecule has 0 aromatic heterocycles. The van der Waals surface area contributed by atoms with E-state index in [0.717, 1.165) is 68.8 Å². The maximum Gasteiger partial charge on any atom is 0.256 e. The van der Waals surface area contributed by atoms with Crippen molar-refractivity contribution in [3.8, 4) is 0 Å². The van der Waals surface area contributed by atoms with Crippen molar-refractivity contribution in [2.45, 2.75) is 201 Å². The number of anilines is 2.